The van der Waals surface area contributed by atoms with Crippen molar-refractivity contribution in [3.8, 4) is 0 Å². The van der Waals surface area contributed by atoms with Gasteiger partial charge in [0.2, 0.25) is 0 Å². The van der Waals surface area contributed by atoms with Crippen LogP contribution in [0, 0.1) is 13.8 Å². The second kappa shape index (κ2) is 2.74. The van der Waals surface area contributed by atoms with Gasteiger partial charge in [0.05, 0.1) is 0 Å². The Bertz CT molecular complexity index is 362. The smallest absolute Gasteiger partial charge is 0.00469 e. The van der Waals surface area contributed by atoms with E-state index in [9.17, 15) is 0 Å². The fourth-order valence-electron chi connectivity index (χ4n) is 1.59. The van der Waals surface area contributed by atoms with E-state index >= 15 is 0 Å². The second-order valence-corrected chi connectivity index (χ2v) is 4.42. The third kappa shape index (κ3) is 1.22. The molecule has 1 aromatic carbocycles. The van der Waals surface area contributed by atoms with Gasteiger partial charge in [-0.05, 0) is 42.2 Å². The molecule has 1 aromatic rings. The quantitative estimate of drug-likeness (QED) is 0.630. The van der Waals surface area contributed by atoms with Crippen LogP contribution in [-0.2, 0) is 6.42 Å². The minimum Gasteiger partial charge on any atom is -0.0553 e. The number of fused-ring (bicyclic) bond motifs is 1. The summed E-state index contributed by atoms with van der Waals surface area (Å²) in [5.41, 5.74) is 5.60. The normalized spacial score (nSPS) is 14.4. The Labute approximate surface area is 81.4 Å². The van der Waals surface area contributed by atoms with E-state index in [1.807, 2.05) is 0 Å². The molecule has 12 heavy (non-hydrogen) atoms. The molecule has 1 aliphatic rings. The Morgan fingerprint density at radius 3 is 2.58 bits per heavy atom. The molecule has 1 aliphatic carbocycles. The van der Waals surface area contributed by atoms with Gasteiger partial charge in [0.1, 0.15) is 0 Å². The summed E-state index contributed by atoms with van der Waals surface area (Å²) in [6.07, 6.45) is 3.28. The first kappa shape index (κ1) is 8.06. The van der Waals surface area contributed by atoms with E-state index in [0.717, 1.165) is 6.42 Å². The predicted octanol–water partition coefficient (Wildman–Crippen LogP) is 3.60. The lowest BCUT2D eigenvalue weighted by atomic mass is 10.0. The molecule has 0 spiro atoms. The predicted molar refractivity (Wildman–Crippen MR) is 56.5 cm³/mol. The lowest BCUT2D eigenvalue weighted by Gasteiger charge is -2.03. The Hall–Kier alpha value is -0.560. The Morgan fingerprint density at radius 2 is 1.83 bits per heavy atom. The lowest BCUT2D eigenvalue weighted by Crippen LogP contribution is -1.87. The molecule has 2 rings (SSSR count). The van der Waals surface area contributed by atoms with Gasteiger partial charge in [-0.1, -0.05) is 28.1 Å². The molecule has 0 fully saturated rings. The number of hydrogen-bond acceptors (Lipinski definition) is 0. The third-order valence-corrected chi connectivity index (χ3v) is 2.94. The van der Waals surface area contributed by atoms with Crippen molar-refractivity contribution in [1.29, 1.82) is 0 Å². The minimum atomic E-state index is 1.07. The first-order chi connectivity index (χ1) is 5.66. The second-order valence-electron chi connectivity index (χ2n) is 3.40. The molecule has 1 heteroatoms. The van der Waals surface area contributed by atoms with E-state index in [1.54, 1.807) is 0 Å². The van der Waals surface area contributed by atoms with E-state index in [0.29, 0.717) is 0 Å². The van der Waals surface area contributed by atoms with Crippen LogP contribution in [0.1, 0.15) is 22.3 Å². The number of rotatable bonds is 0. The molecule has 0 bridgehead atoms. The molecule has 62 valence electrons. The average molecular weight is 223 g/mol. The van der Waals surface area contributed by atoms with Crippen LogP contribution < -0.4 is 0 Å². The van der Waals surface area contributed by atoms with Gasteiger partial charge in [0.15, 0.2) is 0 Å². The molecule has 0 N–H and O–H groups in total. The molecule has 0 aromatic heterocycles. The molecule has 0 atom stereocenters. The summed E-state index contributed by atoms with van der Waals surface area (Å²) in [5.74, 6) is 0. The van der Waals surface area contributed by atoms with Gasteiger partial charge in [0, 0.05) is 10.9 Å². The van der Waals surface area contributed by atoms with E-state index in [2.05, 4.69) is 48.0 Å². The summed E-state index contributed by atoms with van der Waals surface area (Å²) in [6, 6.07) is 4.55. The van der Waals surface area contributed by atoms with Gasteiger partial charge in [-0.3, -0.25) is 0 Å². The molecule has 0 saturated heterocycles. The van der Waals surface area contributed by atoms with Gasteiger partial charge in [-0.2, -0.15) is 0 Å². The highest BCUT2D eigenvalue weighted by molar-refractivity contribution is 9.11. The van der Waals surface area contributed by atoms with Crippen molar-refractivity contribution < 1.29 is 0 Å². The maximum atomic E-state index is 3.53. The third-order valence-electron chi connectivity index (χ3n) is 2.43. The van der Waals surface area contributed by atoms with Crippen molar-refractivity contribution >= 4 is 22.0 Å². The zero-order valence-electron chi connectivity index (χ0n) is 7.32. The van der Waals surface area contributed by atoms with Gasteiger partial charge in [-0.25, -0.2) is 0 Å². The fraction of sp³-hybridized carbons (Fsp3) is 0.273. The summed E-state index contributed by atoms with van der Waals surface area (Å²) in [7, 11) is 0. The Morgan fingerprint density at radius 1 is 1.17 bits per heavy atom. The average Bonchev–Trinajstić information content (AvgIpc) is 2.30. The molecule has 0 saturated carbocycles. The van der Waals surface area contributed by atoms with Crippen LogP contribution in [0.3, 0.4) is 0 Å². The zero-order chi connectivity index (χ0) is 8.72. The first-order valence-corrected chi connectivity index (χ1v) is 4.92. The summed E-state index contributed by atoms with van der Waals surface area (Å²) < 4.78 is 1.29. The van der Waals surface area contributed by atoms with Crippen molar-refractivity contribution in [3.05, 3.63) is 38.9 Å². The van der Waals surface area contributed by atoms with Crippen molar-refractivity contribution in [2.75, 3.05) is 0 Å². The highest BCUT2D eigenvalue weighted by Crippen LogP contribution is 2.30. The molecule has 0 aliphatic heterocycles. The van der Waals surface area contributed by atoms with Crippen LogP contribution in [0.25, 0.3) is 6.08 Å². The summed E-state index contributed by atoms with van der Waals surface area (Å²) in [5, 5.41) is 0. The number of hydrogen-bond donors (Lipinski definition) is 0. The van der Waals surface area contributed by atoms with Crippen molar-refractivity contribution in [2.24, 2.45) is 0 Å². The van der Waals surface area contributed by atoms with Crippen LogP contribution in [0.15, 0.2) is 16.6 Å². The molecular weight excluding hydrogens is 212 g/mol. The maximum Gasteiger partial charge on any atom is 0.00469 e. The fourth-order valence-corrected chi connectivity index (χ4v) is 2.14. The van der Waals surface area contributed by atoms with Crippen LogP contribution >= 0.6 is 15.9 Å². The molecule has 0 radical (unpaired) electrons. The van der Waals surface area contributed by atoms with Crippen LogP contribution in [0.2, 0.25) is 0 Å². The largest absolute Gasteiger partial charge is 0.0553 e. The molecule has 0 unspecified atom stereocenters. The van der Waals surface area contributed by atoms with Crippen molar-refractivity contribution in [2.45, 2.75) is 20.3 Å². The maximum absolute atomic E-state index is 3.53. The van der Waals surface area contributed by atoms with Gasteiger partial charge in [0.25, 0.3) is 0 Å². The zero-order valence-corrected chi connectivity index (χ0v) is 8.90. The monoisotopic (exact) mass is 222 g/mol. The standard InChI is InChI=1S/C11H11Br/c1-7-3-9-5-11(12)6-10(9)4-8(7)2/h3-5H,6H2,1-2H3. The molecule has 0 heterocycles. The highest BCUT2D eigenvalue weighted by atomic mass is 79.9. The van der Waals surface area contributed by atoms with Crippen molar-refractivity contribution in [1.82, 2.24) is 0 Å². The summed E-state index contributed by atoms with van der Waals surface area (Å²) >= 11 is 3.53. The lowest BCUT2D eigenvalue weighted by molar-refractivity contribution is 1.24. The number of allylic oxidation sites excluding steroid dienone is 1. The summed E-state index contributed by atoms with van der Waals surface area (Å²) in [4.78, 5) is 0. The number of halogens is 1. The van der Waals surface area contributed by atoms with Crippen LogP contribution in [-0.4, -0.2) is 0 Å². The van der Waals surface area contributed by atoms with E-state index in [4.69, 9.17) is 0 Å². The van der Waals surface area contributed by atoms with Crippen LogP contribution in [0.5, 0.6) is 0 Å². The molecule has 0 nitrogen and oxygen atoms in total. The van der Waals surface area contributed by atoms with Crippen molar-refractivity contribution in [3.63, 3.8) is 0 Å². The van der Waals surface area contributed by atoms with Gasteiger partial charge in [-0.15, -0.1) is 0 Å². The SMILES string of the molecule is Cc1cc2c(cc1C)CC(Br)=C2. The molecule has 0 amide bonds. The van der Waals surface area contributed by atoms with Gasteiger partial charge < -0.3 is 0 Å². The number of aryl methyl sites for hydroxylation is 2. The van der Waals surface area contributed by atoms with E-state index in [-0.39, 0.29) is 0 Å². The topological polar surface area (TPSA) is 0 Å². The Balaban J connectivity index is 2.57. The van der Waals surface area contributed by atoms with E-state index in [1.165, 1.54) is 26.7 Å². The van der Waals surface area contributed by atoms with E-state index < -0.39 is 0 Å². The Kier molecular flexibility index (Phi) is 1.84. The first-order valence-electron chi connectivity index (χ1n) is 4.13. The number of benzene rings is 1. The highest BCUT2D eigenvalue weighted by Gasteiger charge is 2.11. The van der Waals surface area contributed by atoms with Gasteiger partial charge >= 0.3 is 0 Å². The molecular formula is C11H11Br. The van der Waals surface area contributed by atoms with Crippen LogP contribution in [0.4, 0.5) is 0 Å². The minimum absolute atomic E-state index is 1.07. The summed E-state index contributed by atoms with van der Waals surface area (Å²) in [6.45, 7) is 4.33.